The Balaban J connectivity index is 2.60. The van der Waals surface area contributed by atoms with Crippen molar-refractivity contribution in [2.75, 3.05) is 27.4 Å². The average molecular weight is 241 g/mol. The van der Waals surface area contributed by atoms with Gasteiger partial charge in [0.25, 0.3) is 0 Å². The highest BCUT2D eigenvalue weighted by molar-refractivity contribution is 5.31. The summed E-state index contributed by atoms with van der Waals surface area (Å²) < 4.78 is 15.5. The van der Waals surface area contributed by atoms with Crippen molar-refractivity contribution in [3.8, 4) is 11.5 Å². The molecule has 2 atom stereocenters. The van der Waals surface area contributed by atoms with E-state index in [1.165, 1.54) is 0 Å². The van der Waals surface area contributed by atoms with Crippen LogP contribution in [0.25, 0.3) is 0 Å². The van der Waals surface area contributed by atoms with Crippen LogP contribution in [0, 0.1) is 0 Å². The Hall–Kier alpha value is -1.30. The van der Waals surface area contributed by atoms with Gasteiger partial charge in [0.1, 0.15) is 17.6 Å². The van der Waals surface area contributed by atoms with Crippen molar-refractivity contribution in [1.82, 2.24) is 0 Å². The number of rotatable bonds is 7. The fourth-order valence-corrected chi connectivity index (χ4v) is 1.39. The summed E-state index contributed by atoms with van der Waals surface area (Å²) >= 11 is 0. The van der Waals surface area contributed by atoms with Crippen LogP contribution in [0.15, 0.2) is 24.3 Å². The van der Waals surface area contributed by atoms with Gasteiger partial charge < -0.3 is 25.1 Å². The zero-order chi connectivity index (χ0) is 12.7. The molecule has 5 heteroatoms. The molecule has 0 spiro atoms. The first-order chi connectivity index (χ1) is 8.21. The zero-order valence-electron chi connectivity index (χ0n) is 10.1. The maximum absolute atomic E-state index is 9.20. The minimum Gasteiger partial charge on any atom is -0.497 e. The minimum atomic E-state index is -0.483. The second-order valence-corrected chi connectivity index (χ2v) is 3.63. The highest BCUT2D eigenvalue weighted by atomic mass is 16.5. The van der Waals surface area contributed by atoms with Gasteiger partial charge in [0.05, 0.1) is 26.4 Å². The predicted molar refractivity (Wildman–Crippen MR) is 64.3 cm³/mol. The van der Waals surface area contributed by atoms with Crippen molar-refractivity contribution < 1.29 is 19.3 Å². The van der Waals surface area contributed by atoms with Gasteiger partial charge in [-0.25, -0.2) is 0 Å². The van der Waals surface area contributed by atoms with Gasteiger partial charge in [-0.15, -0.1) is 0 Å². The monoisotopic (exact) mass is 241 g/mol. The number of aliphatic hydroxyl groups excluding tert-OH is 1. The third kappa shape index (κ3) is 4.22. The summed E-state index contributed by atoms with van der Waals surface area (Å²) in [5.74, 6) is 1.38. The largest absolute Gasteiger partial charge is 0.497 e. The fourth-order valence-electron chi connectivity index (χ4n) is 1.39. The van der Waals surface area contributed by atoms with Gasteiger partial charge in [0, 0.05) is 7.11 Å². The lowest BCUT2D eigenvalue weighted by atomic mass is 10.2. The Morgan fingerprint density at radius 2 is 1.76 bits per heavy atom. The quantitative estimate of drug-likeness (QED) is 0.723. The van der Waals surface area contributed by atoms with Gasteiger partial charge in [-0.1, -0.05) is 0 Å². The number of ether oxygens (including phenoxy) is 3. The smallest absolute Gasteiger partial charge is 0.139 e. The lowest BCUT2D eigenvalue weighted by Gasteiger charge is -2.22. The first-order valence-corrected chi connectivity index (χ1v) is 5.37. The van der Waals surface area contributed by atoms with Crippen molar-refractivity contribution >= 4 is 0 Å². The molecule has 1 aromatic rings. The van der Waals surface area contributed by atoms with Crippen LogP contribution in [0.5, 0.6) is 11.5 Å². The molecule has 0 saturated heterocycles. The molecule has 0 amide bonds. The molecule has 3 N–H and O–H groups in total. The molecule has 2 unspecified atom stereocenters. The lowest BCUT2D eigenvalue weighted by molar-refractivity contribution is 0.0605. The Morgan fingerprint density at radius 1 is 1.18 bits per heavy atom. The third-order valence-electron chi connectivity index (χ3n) is 2.36. The third-order valence-corrected chi connectivity index (χ3v) is 2.36. The summed E-state index contributed by atoms with van der Waals surface area (Å²) in [6.07, 6.45) is -0.483. The topological polar surface area (TPSA) is 73.9 Å². The second-order valence-electron chi connectivity index (χ2n) is 3.63. The van der Waals surface area contributed by atoms with Crippen molar-refractivity contribution in [3.05, 3.63) is 24.3 Å². The number of aliphatic hydroxyl groups is 1. The van der Waals surface area contributed by atoms with E-state index >= 15 is 0 Å². The van der Waals surface area contributed by atoms with Crippen LogP contribution in [0.1, 0.15) is 0 Å². The standard InChI is InChI=1S/C12H19NO4/c1-15-8-11(13)12(7-14)17-10-5-3-9(16-2)4-6-10/h3-6,11-12,14H,7-8,13H2,1-2H3. The van der Waals surface area contributed by atoms with Gasteiger partial charge in [-0.2, -0.15) is 0 Å². The van der Waals surface area contributed by atoms with E-state index in [1.54, 1.807) is 38.5 Å². The first-order valence-electron chi connectivity index (χ1n) is 5.37. The summed E-state index contributed by atoms with van der Waals surface area (Å²) in [4.78, 5) is 0. The van der Waals surface area contributed by atoms with Crippen LogP contribution < -0.4 is 15.2 Å². The summed E-state index contributed by atoms with van der Waals surface area (Å²) in [7, 11) is 3.16. The van der Waals surface area contributed by atoms with E-state index < -0.39 is 6.10 Å². The summed E-state index contributed by atoms with van der Waals surface area (Å²) in [5, 5.41) is 9.20. The molecule has 0 fully saturated rings. The molecule has 1 aromatic carbocycles. The van der Waals surface area contributed by atoms with Gasteiger partial charge in [0.15, 0.2) is 0 Å². The molecule has 0 aromatic heterocycles. The molecular weight excluding hydrogens is 222 g/mol. The molecule has 0 heterocycles. The molecule has 0 bridgehead atoms. The van der Waals surface area contributed by atoms with Gasteiger partial charge >= 0.3 is 0 Å². The predicted octanol–water partition coefficient (Wildman–Crippen LogP) is 0.409. The van der Waals surface area contributed by atoms with E-state index in [4.69, 9.17) is 19.9 Å². The Morgan fingerprint density at radius 3 is 2.24 bits per heavy atom. The van der Waals surface area contributed by atoms with E-state index in [1.807, 2.05) is 0 Å². The maximum atomic E-state index is 9.20. The molecule has 0 radical (unpaired) electrons. The number of hydrogen-bond donors (Lipinski definition) is 2. The molecule has 1 rings (SSSR count). The van der Waals surface area contributed by atoms with Crippen molar-refractivity contribution in [2.45, 2.75) is 12.1 Å². The van der Waals surface area contributed by atoms with Gasteiger partial charge in [0.2, 0.25) is 0 Å². The Labute approximate surface area is 101 Å². The van der Waals surface area contributed by atoms with E-state index in [9.17, 15) is 5.11 Å². The molecule has 0 aliphatic carbocycles. The minimum absolute atomic E-state index is 0.156. The summed E-state index contributed by atoms with van der Waals surface area (Å²) in [5.41, 5.74) is 5.81. The van der Waals surface area contributed by atoms with Crippen molar-refractivity contribution in [3.63, 3.8) is 0 Å². The fraction of sp³-hybridized carbons (Fsp3) is 0.500. The van der Waals surface area contributed by atoms with Crippen LogP contribution in [0.4, 0.5) is 0 Å². The van der Waals surface area contributed by atoms with Gasteiger partial charge in [-0.05, 0) is 24.3 Å². The van der Waals surface area contributed by atoms with Crippen LogP contribution >= 0.6 is 0 Å². The first kappa shape index (κ1) is 13.8. The molecule has 96 valence electrons. The molecule has 5 nitrogen and oxygen atoms in total. The molecule has 0 aliphatic rings. The highest BCUT2D eigenvalue weighted by Crippen LogP contribution is 2.18. The average Bonchev–Trinajstić information content (AvgIpc) is 2.37. The van der Waals surface area contributed by atoms with Crippen LogP contribution in [-0.2, 0) is 4.74 Å². The normalized spacial score (nSPS) is 14.1. The number of hydrogen-bond acceptors (Lipinski definition) is 5. The zero-order valence-corrected chi connectivity index (χ0v) is 10.1. The van der Waals surface area contributed by atoms with E-state index in [0.717, 1.165) is 5.75 Å². The molecule has 0 saturated carbocycles. The number of methoxy groups -OCH3 is 2. The van der Waals surface area contributed by atoms with E-state index in [-0.39, 0.29) is 12.6 Å². The maximum Gasteiger partial charge on any atom is 0.139 e. The second kappa shape index (κ2) is 7.11. The highest BCUT2D eigenvalue weighted by Gasteiger charge is 2.18. The summed E-state index contributed by atoms with van der Waals surface area (Å²) in [6, 6.07) is 6.73. The van der Waals surface area contributed by atoms with Crippen molar-refractivity contribution in [1.29, 1.82) is 0 Å². The number of benzene rings is 1. The van der Waals surface area contributed by atoms with Gasteiger partial charge in [-0.3, -0.25) is 0 Å². The Kier molecular flexibility index (Phi) is 5.76. The lowest BCUT2D eigenvalue weighted by Crippen LogP contribution is -2.44. The molecule has 17 heavy (non-hydrogen) atoms. The van der Waals surface area contributed by atoms with E-state index in [2.05, 4.69) is 0 Å². The van der Waals surface area contributed by atoms with Crippen LogP contribution in [0.2, 0.25) is 0 Å². The summed E-state index contributed by atoms with van der Waals surface area (Å²) in [6.45, 7) is 0.179. The van der Waals surface area contributed by atoms with Crippen LogP contribution in [0.3, 0.4) is 0 Å². The van der Waals surface area contributed by atoms with E-state index in [0.29, 0.717) is 12.4 Å². The van der Waals surface area contributed by atoms with Crippen LogP contribution in [-0.4, -0.2) is 44.7 Å². The van der Waals surface area contributed by atoms with Crippen molar-refractivity contribution in [2.24, 2.45) is 5.73 Å². The molecular formula is C12H19NO4. The molecule has 0 aliphatic heterocycles. The Bertz CT molecular complexity index is 315. The SMILES string of the molecule is COCC(N)C(CO)Oc1ccc(OC)cc1. The number of nitrogens with two attached hydrogens (primary N) is 1.